The fourth-order valence-electron chi connectivity index (χ4n) is 3.60. The number of piperidine rings is 1. The molecule has 2 fully saturated rings. The van der Waals surface area contributed by atoms with Crippen molar-refractivity contribution in [1.29, 1.82) is 0 Å². The van der Waals surface area contributed by atoms with Crippen molar-refractivity contribution in [3.05, 3.63) is 18.2 Å². The third kappa shape index (κ3) is 3.37. The number of aliphatic hydroxyl groups is 1. The number of nitrogens with zero attached hydrogens (tertiary/aromatic N) is 2. The summed E-state index contributed by atoms with van der Waals surface area (Å²) in [5.41, 5.74) is 1.37. The molecule has 2 atom stereocenters. The molecule has 1 aliphatic carbocycles. The molecule has 0 bridgehead atoms. The molecule has 6 nitrogen and oxygen atoms in total. The van der Waals surface area contributed by atoms with Crippen LogP contribution in [0.2, 0.25) is 0 Å². The topological polar surface area (TPSA) is 89.4 Å². The number of aliphatic hydroxyl groups excluding tert-OH is 1. The van der Waals surface area contributed by atoms with E-state index >= 15 is 0 Å². The largest absolute Gasteiger partial charge is 0.483 e. The predicted octanol–water partition coefficient (Wildman–Crippen LogP) is 1.24. The lowest BCUT2D eigenvalue weighted by Crippen LogP contribution is -2.46. The first-order valence-corrected chi connectivity index (χ1v) is 7.16. The number of hydrogen-bond acceptors (Lipinski definition) is 4. The number of likely N-dealkylation sites (tertiary alicyclic amines) is 1. The van der Waals surface area contributed by atoms with Gasteiger partial charge in [0, 0.05) is 30.4 Å². The number of aromatic amines is 1. The first-order chi connectivity index (χ1) is 9.70. The second-order valence-corrected chi connectivity index (χ2v) is 5.77. The maximum Gasteiger partial charge on any atom is 0.290 e. The summed E-state index contributed by atoms with van der Waals surface area (Å²) in [5, 5.41) is 17.1. The van der Waals surface area contributed by atoms with Gasteiger partial charge in [-0.1, -0.05) is 6.42 Å². The molecule has 0 amide bonds. The lowest BCUT2D eigenvalue weighted by atomic mass is 9.76. The maximum absolute atomic E-state index is 10.2. The Balaban J connectivity index is 0.000000452. The third-order valence-electron chi connectivity index (χ3n) is 4.50. The SMILES string of the molecule is O=CO.O[C@@H]1CCC[C@@]12CCCN(Cc1cnc[nH]1)C2. The first-order valence-electron chi connectivity index (χ1n) is 7.16. The van der Waals surface area contributed by atoms with Gasteiger partial charge in [0.1, 0.15) is 0 Å². The maximum atomic E-state index is 10.2. The van der Waals surface area contributed by atoms with Crippen molar-refractivity contribution in [1.82, 2.24) is 14.9 Å². The standard InChI is InChI=1S/C13H21N3O.CH2O2/c17-12-3-1-4-13(12)5-2-6-16(9-13)8-11-7-14-10-15-11;2-1-3/h7,10,12,17H,1-6,8-9H2,(H,14,15);1H,(H,2,3)/t12-,13+;/m1./s1. The number of imidazole rings is 1. The van der Waals surface area contributed by atoms with Crippen LogP contribution < -0.4 is 0 Å². The van der Waals surface area contributed by atoms with Gasteiger partial charge >= 0.3 is 0 Å². The molecule has 3 rings (SSSR count). The lowest BCUT2D eigenvalue weighted by Gasteiger charge is -2.42. The van der Waals surface area contributed by atoms with E-state index in [1.807, 2.05) is 6.20 Å². The number of rotatable bonds is 2. The molecule has 1 saturated carbocycles. The fourth-order valence-corrected chi connectivity index (χ4v) is 3.60. The average Bonchev–Trinajstić information content (AvgIpc) is 3.03. The van der Waals surface area contributed by atoms with Gasteiger partial charge in [-0.25, -0.2) is 4.98 Å². The van der Waals surface area contributed by atoms with Gasteiger partial charge in [0.25, 0.3) is 6.47 Å². The van der Waals surface area contributed by atoms with E-state index in [1.54, 1.807) is 6.33 Å². The molecule has 0 radical (unpaired) electrons. The Hall–Kier alpha value is -1.40. The van der Waals surface area contributed by atoms with E-state index in [-0.39, 0.29) is 18.0 Å². The van der Waals surface area contributed by atoms with Crippen molar-refractivity contribution in [2.75, 3.05) is 13.1 Å². The van der Waals surface area contributed by atoms with Crippen LogP contribution in [-0.4, -0.2) is 50.7 Å². The van der Waals surface area contributed by atoms with Crippen LogP contribution in [0.15, 0.2) is 12.5 Å². The van der Waals surface area contributed by atoms with E-state index in [0.29, 0.717) is 0 Å². The zero-order valence-corrected chi connectivity index (χ0v) is 11.7. The molecule has 2 heterocycles. The highest BCUT2D eigenvalue weighted by atomic mass is 16.3. The summed E-state index contributed by atoms with van der Waals surface area (Å²) in [6.07, 6.45) is 9.36. The van der Waals surface area contributed by atoms with Gasteiger partial charge in [-0.15, -0.1) is 0 Å². The van der Waals surface area contributed by atoms with Crippen molar-refractivity contribution in [3.8, 4) is 0 Å². The van der Waals surface area contributed by atoms with Crippen molar-refractivity contribution < 1.29 is 15.0 Å². The van der Waals surface area contributed by atoms with Crippen LogP contribution in [0, 0.1) is 5.41 Å². The monoisotopic (exact) mass is 281 g/mol. The zero-order valence-electron chi connectivity index (χ0n) is 11.7. The second kappa shape index (κ2) is 6.85. The highest BCUT2D eigenvalue weighted by molar-refractivity contribution is 5.32. The summed E-state index contributed by atoms with van der Waals surface area (Å²) in [6.45, 7) is 2.88. The van der Waals surface area contributed by atoms with Crippen LogP contribution in [-0.2, 0) is 11.3 Å². The van der Waals surface area contributed by atoms with E-state index in [0.717, 1.165) is 26.1 Å². The fraction of sp³-hybridized carbons (Fsp3) is 0.714. The number of H-pyrrole nitrogens is 1. The van der Waals surface area contributed by atoms with Gasteiger partial charge < -0.3 is 15.2 Å². The quantitative estimate of drug-likeness (QED) is 0.710. The normalized spacial score (nSPS) is 29.9. The zero-order chi connectivity index (χ0) is 14.4. The summed E-state index contributed by atoms with van der Waals surface area (Å²) < 4.78 is 0. The number of carbonyl (C=O) groups is 1. The molecule has 3 N–H and O–H groups in total. The number of carboxylic acid groups (broad SMARTS) is 1. The minimum Gasteiger partial charge on any atom is -0.483 e. The number of hydrogen-bond donors (Lipinski definition) is 3. The van der Waals surface area contributed by atoms with Gasteiger partial charge in [-0.05, 0) is 32.2 Å². The Morgan fingerprint density at radius 3 is 2.85 bits per heavy atom. The molecule has 1 aromatic heterocycles. The van der Waals surface area contributed by atoms with Crippen LogP contribution in [0.25, 0.3) is 0 Å². The molecule has 20 heavy (non-hydrogen) atoms. The number of aromatic nitrogens is 2. The molecular formula is C14H23N3O3. The van der Waals surface area contributed by atoms with E-state index in [2.05, 4.69) is 14.9 Å². The summed E-state index contributed by atoms with van der Waals surface area (Å²) in [4.78, 5) is 18.0. The van der Waals surface area contributed by atoms with Crippen molar-refractivity contribution in [3.63, 3.8) is 0 Å². The smallest absolute Gasteiger partial charge is 0.290 e. The van der Waals surface area contributed by atoms with Crippen LogP contribution in [0.4, 0.5) is 0 Å². The Morgan fingerprint density at radius 2 is 2.25 bits per heavy atom. The molecular weight excluding hydrogens is 258 g/mol. The number of nitrogens with one attached hydrogen (secondary N) is 1. The van der Waals surface area contributed by atoms with Crippen molar-refractivity contribution in [2.45, 2.75) is 44.8 Å². The molecule has 6 heteroatoms. The highest BCUT2D eigenvalue weighted by Crippen LogP contribution is 2.45. The van der Waals surface area contributed by atoms with Crippen LogP contribution in [0.5, 0.6) is 0 Å². The van der Waals surface area contributed by atoms with Gasteiger partial charge in [0.15, 0.2) is 0 Å². The first kappa shape index (κ1) is 15.0. The van der Waals surface area contributed by atoms with E-state index in [9.17, 15) is 5.11 Å². The van der Waals surface area contributed by atoms with E-state index in [4.69, 9.17) is 9.90 Å². The molecule has 0 aromatic carbocycles. The minimum atomic E-state index is -0.250. The molecule has 1 spiro atoms. The Labute approximate surface area is 118 Å². The predicted molar refractivity (Wildman–Crippen MR) is 74.1 cm³/mol. The van der Waals surface area contributed by atoms with Crippen molar-refractivity contribution >= 4 is 6.47 Å². The molecule has 1 aromatic rings. The molecule has 0 unspecified atom stereocenters. The van der Waals surface area contributed by atoms with Crippen LogP contribution in [0.1, 0.15) is 37.8 Å². The highest BCUT2D eigenvalue weighted by Gasteiger charge is 2.44. The van der Waals surface area contributed by atoms with Gasteiger partial charge in [0.05, 0.1) is 12.4 Å². The van der Waals surface area contributed by atoms with Crippen molar-refractivity contribution in [2.24, 2.45) is 5.41 Å². The average molecular weight is 281 g/mol. The van der Waals surface area contributed by atoms with E-state index < -0.39 is 0 Å². The van der Waals surface area contributed by atoms with Crippen LogP contribution in [0.3, 0.4) is 0 Å². The summed E-state index contributed by atoms with van der Waals surface area (Å²) in [5.74, 6) is 0. The Morgan fingerprint density at radius 1 is 1.50 bits per heavy atom. The molecule has 2 aliphatic rings. The molecule has 112 valence electrons. The van der Waals surface area contributed by atoms with Gasteiger partial charge in [-0.2, -0.15) is 0 Å². The summed E-state index contributed by atoms with van der Waals surface area (Å²) in [6, 6.07) is 0. The Kier molecular flexibility index (Phi) is 5.14. The summed E-state index contributed by atoms with van der Waals surface area (Å²) >= 11 is 0. The third-order valence-corrected chi connectivity index (χ3v) is 4.50. The second-order valence-electron chi connectivity index (χ2n) is 5.77. The van der Waals surface area contributed by atoms with E-state index in [1.165, 1.54) is 31.4 Å². The lowest BCUT2D eigenvalue weighted by molar-refractivity contribution is -0.122. The Bertz CT molecular complexity index is 410. The summed E-state index contributed by atoms with van der Waals surface area (Å²) in [7, 11) is 0. The molecule has 1 saturated heterocycles. The van der Waals surface area contributed by atoms with Gasteiger partial charge in [-0.3, -0.25) is 9.69 Å². The van der Waals surface area contributed by atoms with Crippen LogP contribution >= 0.6 is 0 Å². The van der Waals surface area contributed by atoms with Gasteiger partial charge in [0.2, 0.25) is 0 Å². The molecule has 1 aliphatic heterocycles. The minimum absolute atomic E-state index is 0.0768.